The normalized spacial score (nSPS) is 12.7. The van der Waals surface area contributed by atoms with E-state index in [0.717, 1.165) is 29.5 Å². The Labute approximate surface area is 145 Å². The van der Waals surface area contributed by atoms with Gasteiger partial charge in [0.05, 0.1) is 4.92 Å². The Balaban J connectivity index is 1.97. The van der Waals surface area contributed by atoms with Gasteiger partial charge in [-0.2, -0.15) is 0 Å². The third-order valence-corrected chi connectivity index (χ3v) is 4.36. The number of ketones is 1. The van der Waals surface area contributed by atoms with Crippen molar-refractivity contribution in [2.24, 2.45) is 0 Å². The van der Waals surface area contributed by atoms with E-state index in [-0.39, 0.29) is 23.0 Å². The molecule has 2 aromatic rings. The molecule has 0 atom stereocenters. The van der Waals surface area contributed by atoms with Crippen molar-refractivity contribution >= 4 is 11.5 Å². The molecule has 1 aliphatic rings. The number of benzene rings is 2. The van der Waals surface area contributed by atoms with Crippen LogP contribution < -0.4 is 4.74 Å². The Bertz CT molecular complexity index is 844. The van der Waals surface area contributed by atoms with Gasteiger partial charge in [-0.15, -0.1) is 0 Å². The lowest BCUT2D eigenvalue weighted by atomic mass is 10.0. The molecular weight excluding hydrogens is 322 g/mol. The van der Waals surface area contributed by atoms with E-state index in [4.69, 9.17) is 9.47 Å². The van der Waals surface area contributed by atoms with Crippen molar-refractivity contribution in [2.45, 2.75) is 26.2 Å². The van der Waals surface area contributed by atoms with E-state index in [2.05, 4.69) is 0 Å². The Kier molecular flexibility index (Phi) is 4.81. The minimum Gasteiger partial charge on any atom is -0.457 e. The zero-order chi connectivity index (χ0) is 18.0. The average molecular weight is 341 g/mol. The van der Waals surface area contributed by atoms with Gasteiger partial charge in [0.1, 0.15) is 18.1 Å². The van der Waals surface area contributed by atoms with Gasteiger partial charge in [-0.05, 0) is 43.9 Å². The molecule has 0 saturated heterocycles. The van der Waals surface area contributed by atoms with E-state index in [1.165, 1.54) is 7.11 Å². The fourth-order valence-corrected chi connectivity index (χ4v) is 3.24. The molecule has 0 aromatic heterocycles. The van der Waals surface area contributed by atoms with Crippen LogP contribution in [-0.4, -0.2) is 24.4 Å². The summed E-state index contributed by atoms with van der Waals surface area (Å²) in [6, 6.07) is 8.47. The molecule has 0 radical (unpaired) electrons. The summed E-state index contributed by atoms with van der Waals surface area (Å²) in [5.41, 5.74) is 3.07. The van der Waals surface area contributed by atoms with Crippen molar-refractivity contribution in [1.29, 1.82) is 0 Å². The number of nitrogens with zero attached hydrogens (tertiary/aromatic N) is 1. The van der Waals surface area contributed by atoms with Gasteiger partial charge in [0.25, 0.3) is 5.69 Å². The van der Waals surface area contributed by atoms with Crippen molar-refractivity contribution in [3.05, 3.63) is 62.7 Å². The molecule has 0 N–H and O–H groups in total. The summed E-state index contributed by atoms with van der Waals surface area (Å²) in [6.07, 6.45) is 2.33. The van der Waals surface area contributed by atoms with Crippen molar-refractivity contribution in [2.75, 3.05) is 13.7 Å². The molecule has 2 aromatic carbocycles. The average Bonchev–Trinajstić information content (AvgIpc) is 3.07. The summed E-state index contributed by atoms with van der Waals surface area (Å²) in [7, 11) is 1.47. The molecule has 1 aliphatic carbocycles. The van der Waals surface area contributed by atoms with Crippen molar-refractivity contribution < 1.29 is 19.2 Å². The molecular formula is C19H19NO5. The lowest BCUT2D eigenvalue weighted by Crippen LogP contribution is -2.07. The van der Waals surface area contributed by atoms with E-state index in [1.54, 1.807) is 37.3 Å². The van der Waals surface area contributed by atoms with Crippen LogP contribution >= 0.6 is 0 Å². The maximum absolute atomic E-state index is 12.0. The van der Waals surface area contributed by atoms with Crippen molar-refractivity contribution in [3.63, 3.8) is 0 Å². The second-order valence-corrected chi connectivity index (χ2v) is 6.10. The van der Waals surface area contributed by atoms with Crippen molar-refractivity contribution in [1.82, 2.24) is 0 Å². The van der Waals surface area contributed by atoms with Gasteiger partial charge in [-0.1, -0.05) is 12.1 Å². The van der Waals surface area contributed by atoms with Gasteiger partial charge in [-0.3, -0.25) is 14.9 Å². The summed E-state index contributed by atoms with van der Waals surface area (Å²) in [4.78, 5) is 22.9. The standard InChI is InChI=1S/C19H19NO5/c1-12-9-17(20(22)23)15-7-4-8-16(15)19(12)25-14-6-3-5-13(10-14)18(21)11-24-2/h3,5-6,9-10H,4,7-8,11H2,1-2H3. The van der Waals surface area contributed by atoms with E-state index in [9.17, 15) is 14.9 Å². The fraction of sp³-hybridized carbons (Fsp3) is 0.316. The summed E-state index contributed by atoms with van der Waals surface area (Å²) < 4.78 is 10.9. The van der Waals surface area contributed by atoms with E-state index in [0.29, 0.717) is 23.5 Å². The highest BCUT2D eigenvalue weighted by Gasteiger charge is 2.27. The largest absolute Gasteiger partial charge is 0.457 e. The van der Waals surface area contributed by atoms with Crippen LogP contribution in [-0.2, 0) is 17.6 Å². The number of hydrogen-bond donors (Lipinski definition) is 0. The number of fused-ring (bicyclic) bond motifs is 1. The number of nitro groups is 1. The van der Waals surface area contributed by atoms with Gasteiger partial charge >= 0.3 is 0 Å². The highest BCUT2D eigenvalue weighted by atomic mass is 16.6. The van der Waals surface area contributed by atoms with Crippen LogP contribution in [0.25, 0.3) is 0 Å². The van der Waals surface area contributed by atoms with Gasteiger partial charge in [0.2, 0.25) is 0 Å². The second-order valence-electron chi connectivity index (χ2n) is 6.10. The summed E-state index contributed by atoms with van der Waals surface area (Å²) in [6.45, 7) is 1.82. The maximum Gasteiger partial charge on any atom is 0.273 e. The molecule has 6 nitrogen and oxygen atoms in total. The smallest absolute Gasteiger partial charge is 0.273 e. The van der Waals surface area contributed by atoms with Gasteiger partial charge in [0.15, 0.2) is 5.78 Å². The first-order valence-electron chi connectivity index (χ1n) is 8.11. The fourth-order valence-electron chi connectivity index (χ4n) is 3.24. The number of ether oxygens (including phenoxy) is 2. The Morgan fingerprint density at radius 3 is 2.72 bits per heavy atom. The van der Waals surface area contributed by atoms with Crippen LogP contribution in [0, 0.1) is 17.0 Å². The van der Waals surface area contributed by atoms with E-state index < -0.39 is 0 Å². The number of carbonyl (C=O) groups excluding carboxylic acids is 1. The SMILES string of the molecule is COCC(=O)c1cccc(Oc2c(C)cc([N+](=O)[O-])c3c2CCC3)c1. The molecule has 0 bridgehead atoms. The first-order chi connectivity index (χ1) is 12.0. The molecule has 0 heterocycles. The third-order valence-electron chi connectivity index (χ3n) is 4.36. The summed E-state index contributed by atoms with van der Waals surface area (Å²) in [5, 5.41) is 11.3. The predicted molar refractivity (Wildman–Crippen MR) is 92.6 cm³/mol. The van der Waals surface area contributed by atoms with Crippen LogP contribution in [0.1, 0.15) is 33.5 Å². The highest BCUT2D eigenvalue weighted by Crippen LogP contribution is 2.41. The second kappa shape index (κ2) is 7.03. The number of nitro benzene ring substituents is 1. The van der Waals surface area contributed by atoms with Gasteiger partial charge in [0, 0.05) is 29.9 Å². The van der Waals surface area contributed by atoms with Crippen LogP contribution in [0.3, 0.4) is 0 Å². The molecule has 0 fully saturated rings. The van der Waals surface area contributed by atoms with Gasteiger partial charge < -0.3 is 9.47 Å². The molecule has 25 heavy (non-hydrogen) atoms. The quantitative estimate of drug-likeness (QED) is 0.450. The molecule has 6 heteroatoms. The summed E-state index contributed by atoms with van der Waals surface area (Å²) in [5.74, 6) is 1.07. The van der Waals surface area contributed by atoms with E-state index in [1.807, 2.05) is 0 Å². The van der Waals surface area contributed by atoms with Crippen molar-refractivity contribution in [3.8, 4) is 11.5 Å². The minimum absolute atomic E-state index is 0.00934. The number of Topliss-reactive ketones (excluding diaryl/α,β-unsaturated/α-hetero) is 1. The zero-order valence-electron chi connectivity index (χ0n) is 14.2. The third kappa shape index (κ3) is 3.39. The van der Waals surface area contributed by atoms with E-state index >= 15 is 0 Å². The molecule has 0 saturated carbocycles. The first kappa shape index (κ1) is 17.1. The highest BCUT2D eigenvalue weighted by molar-refractivity contribution is 5.97. The number of methoxy groups -OCH3 is 1. The molecule has 3 rings (SSSR count). The number of aryl methyl sites for hydroxylation is 1. The Hall–Kier alpha value is -2.73. The topological polar surface area (TPSA) is 78.7 Å². The summed E-state index contributed by atoms with van der Waals surface area (Å²) >= 11 is 0. The van der Waals surface area contributed by atoms with Crippen LogP contribution in [0.2, 0.25) is 0 Å². The molecule has 0 amide bonds. The van der Waals surface area contributed by atoms with Crippen LogP contribution in [0.5, 0.6) is 11.5 Å². The van der Waals surface area contributed by atoms with Crippen LogP contribution in [0.15, 0.2) is 30.3 Å². The Morgan fingerprint density at radius 1 is 1.24 bits per heavy atom. The first-order valence-corrected chi connectivity index (χ1v) is 8.11. The monoisotopic (exact) mass is 341 g/mol. The maximum atomic E-state index is 12.0. The Morgan fingerprint density at radius 2 is 2.00 bits per heavy atom. The molecule has 130 valence electrons. The van der Waals surface area contributed by atoms with Crippen LogP contribution in [0.4, 0.5) is 5.69 Å². The van der Waals surface area contributed by atoms with Gasteiger partial charge in [-0.25, -0.2) is 0 Å². The number of hydrogen-bond acceptors (Lipinski definition) is 5. The molecule has 0 aliphatic heterocycles. The minimum atomic E-state index is -0.328. The molecule has 0 unspecified atom stereocenters. The lowest BCUT2D eigenvalue weighted by molar-refractivity contribution is -0.385. The predicted octanol–water partition coefficient (Wildman–Crippen LogP) is 4.01. The zero-order valence-corrected chi connectivity index (χ0v) is 14.2. The molecule has 0 spiro atoms. The lowest BCUT2D eigenvalue weighted by Gasteiger charge is -2.14. The number of rotatable bonds is 6. The number of carbonyl (C=O) groups is 1.